The Morgan fingerprint density at radius 1 is 1.44 bits per heavy atom. The van der Waals surface area contributed by atoms with Crippen molar-refractivity contribution in [2.24, 2.45) is 0 Å². The summed E-state index contributed by atoms with van der Waals surface area (Å²) in [4.78, 5) is 11.4. The molecule has 0 aliphatic heterocycles. The number of nitrogens with one attached hydrogen (secondary N) is 1. The Labute approximate surface area is 93.5 Å². The second-order valence-corrected chi connectivity index (χ2v) is 5.06. The highest BCUT2D eigenvalue weighted by atomic mass is 19.3. The van der Waals surface area contributed by atoms with Gasteiger partial charge in [-0.3, -0.25) is 0 Å². The molecule has 1 fully saturated rings. The van der Waals surface area contributed by atoms with Crippen LogP contribution in [-0.2, 0) is 4.74 Å². The lowest BCUT2D eigenvalue weighted by atomic mass is 9.74. The maximum Gasteiger partial charge on any atom is 0.408 e. The monoisotopic (exact) mass is 231 g/mol. The number of carbonyl (C=O) groups is 1. The number of ether oxygens (including phenoxy) is 1. The van der Waals surface area contributed by atoms with Gasteiger partial charge >= 0.3 is 6.09 Å². The maximum atomic E-state index is 12.7. The highest BCUT2D eigenvalue weighted by Gasteiger charge is 2.57. The molecule has 1 amide bonds. The van der Waals surface area contributed by atoms with Crippen LogP contribution in [0.3, 0.4) is 0 Å². The van der Waals surface area contributed by atoms with Crippen molar-refractivity contribution in [2.45, 2.75) is 50.7 Å². The Balaban J connectivity index is 2.55. The smallest absolute Gasteiger partial charge is 0.408 e. The molecule has 0 bridgehead atoms. The summed E-state index contributed by atoms with van der Waals surface area (Å²) >= 11 is 0. The van der Waals surface area contributed by atoms with Crippen molar-refractivity contribution in [3.8, 4) is 12.3 Å². The second-order valence-electron chi connectivity index (χ2n) is 5.06. The van der Waals surface area contributed by atoms with E-state index in [1.807, 2.05) is 0 Å². The van der Waals surface area contributed by atoms with Gasteiger partial charge in [-0.25, -0.2) is 13.6 Å². The van der Waals surface area contributed by atoms with Crippen molar-refractivity contribution in [1.82, 2.24) is 5.32 Å². The summed E-state index contributed by atoms with van der Waals surface area (Å²) in [5.41, 5.74) is -1.93. The molecule has 0 heterocycles. The predicted octanol–water partition coefficient (Wildman–Crippen LogP) is 2.31. The van der Waals surface area contributed by atoms with Crippen molar-refractivity contribution < 1.29 is 18.3 Å². The molecule has 0 spiro atoms. The van der Waals surface area contributed by atoms with Crippen LogP contribution in [0.5, 0.6) is 0 Å². The van der Waals surface area contributed by atoms with Crippen LogP contribution in [0.4, 0.5) is 13.6 Å². The molecule has 1 saturated carbocycles. The first kappa shape index (κ1) is 12.8. The van der Waals surface area contributed by atoms with Crippen LogP contribution in [0.1, 0.15) is 33.6 Å². The molecular weight excluding hydrogens is 216 g/mol. The van der Waals surface area contributed by atoms with E-state index in [4.69, 9.17) is 11.2 Å². The molecule has 5 heteroatoms. The summed E-state index contributed by atoms with van der Waals surface area (Å²) in [6, 6.07) is 0. The third-order valence-electron chi connectivity index (χ3n) is 2.14. The van der Waals surface area contributed by atoms with Gasteiger partial charge in [0.2, 0.25) is 0 Å². The number of carbonyl (C=O) groups excluding carboxylic acids is 1. The van der Waals surface area contributed by atoms with Crippen molar-refractivity contribution in [1.29, 1.82) is 0 Å². The summed E-state index contributed by atoms with van der Waals surface area (Å²) in [5, 5.41) is 2.31. The predicted molar refractivity (Wildman–Crippen MR) is 55.1 cm³/mol. The fourth-order valence-electron chi connectivity index (χ4n) is 1.56. The van der Waals surface area contributed by atoms with Crippen LogP contribution in [0.15, 0.2) is 0 Å². The van der Waals surface area contributed by atoms with E-state index in [1.165, 1.54) is 0 Å². The minimum atomic E-state index is -2.79. The zero-order chi connectivity index (χ0) is 12.6. The van der Waals surface area contributed by atoms with Gasteiger partial charge in [0.15, 0.2) is 0 Å². The van der Waals surface area contributed by atoms with E-state index in [9.17, 15) is 13.6 Å². The normalized spacial score (nSPS) is 21.5. The number of hydrogen-bond acceptors (Lipinski definition) is 2. The Morgan fingerprint density at radius 3 is 2.25 bits per heavy atom. The van der Waals surface area contributed by atoms with Crippen molar-refractivity contribution in [3.05, 3.63) is 0 Å². The average Bonchev–Trinajstić information content (AvgIpc) is 1.96. The SMILES string of the molecule is C#CC1(NC(=O)OC(C)(C)C)CC(F)(F)C1. The van der Waals surface area contributed by atoms with Crippen LogP contribution in [0.25, 0.3) is 0 Å². The zero-order valence-corrected chi connectivity index (χ0v) is 9.56. The summed E-state index contributed by atoms with van der Waals surface area (Å²) in [6.45, 7) is 5.06. The van der Waals surface area contributed by atoms with Crippen LogP contribution < -0.4 is 5.32 Å². The zero-order valence-electron chi connectivity index (χ0n) is 9.56. The molecule has 1 aliphatic rings. The minimum Gasteiger partial charge on any atom is -0.444 e. The van der Waals surface area contributed by atoms with Crippen LogP contribution >= 0.6 is 0 Å². The lowest BCUT2D eigenvalue weighted by Gasteiger charge is -2.43. The van der Waals surface area contributed by atoms with Gasteiger partial charge in [0.25, 0.3) is 5.92 Å². The van der Waals surface area contributed by atoms with E-state index in [0.29, 0.717) is 0 Å². The standard InChI is InChI=1S/C11H15F2NO2/c1-5-10(6-11(12,13)7-10)14-8(15)16-9(2,3)4/h1H,6-7H2,2-4H3,(H,14,15). The molecule has 0 aromatic carbocycles. The Hall–Kier alpha value is -1.31. The lowest BCUT2D eigenvalue weighted by molar-refractivity contribution is -0.114. The Kier molecular flexibility index (Phi) is 2.88. The number of alkyl carbamates (subject to hydrolysis) is 1. The van der Waals surface area contributed by atoms with E-state index < -0.39 is 36.0 Å². The number of alkyl halides is 2. The van der Waals surface area contributed by atoms with Gasteiger partial charge < -0.3 is 10.1 Å². The van der Waals surface area contributed by atoms with E-state index in [1.54, 1.807) is 20.8 Å². The first-order valence-electron chi connectivity index (χ1n) is 4.94. The fourth-order valence-corrected chi connectivity index (χ4v) is 1.56. The van der Waals surface area contributed by atoms with Gasteiger partial charge in [0.05, 0.1) is 0 Å². The molecule has 1 rings (SSSR count). The number of amides is 1. The van der Waals surface area contributed by atoms with E-state index in [0.717, 1.165) is 0 Å². The van der Waals surface area contributed by atoms with Crippen molar-refractivity contribution in [2.75, 3.05) is 0 Å². The van der Waals surface area contributed by atoms with E-state index in [-0.39, 0.29) is 0 Å². The van der Waals surface area contributed by atoms with Gasteiger partial charge in [-0.05, 0) is 20.8 Å². The summed E-state index contributed by atoms with van der Waals surface area (Å²) in [6.07, 6.45) is 3.32. The number of terminal acetylenes is 1. The Morgan fingerprint density at radius 2 is 1.94 bits per heavy atom. The topological polar surface area (TPSA) is 38.3 Å². The molecule has 0 radical (unpaired) electrons. The molecule has 0 saturated heterocycles. The second kappa shape index (κ2) is 3.62. The molecule has 1 N–H and O–H groups in total. The average molecular weight is 231 g/mol. The molecule has 0 atom stereocenters. The van der Waals surface area contributed by atoms with Gasteiger partial charge in [0, 0.05) is 12.8 Å². The molecule has 3 nitrogen and oxygen atoms in total. The summed E-state index contributed by atoms with van der Waals surface area (Å²) in [5.74, 6) is -0.595. The van der Waals surface area contributed by atoms with Crippen molar-refractivity contribution in [3.63, 3.8) is 0 Å². The Bertz CT molecular complexity index is 331. The first-order valence-corrected chi connectivity index (χ1v) is 4.94. The molecule has 1 aliphatic carbocycles. The molecule has 90 valence electrons. The number of hydrogen-bond donors (Lipinski definition) is 1. The highest BCUT2D eigenvalue weighted by molar-refractivity contribution is 5.70. The van der Waals surface area contributed by atoms with Crippen LogP contribution in [0.2, 0.25) is 0 Å². The first-order chi connectivity index (χ1) is 7.08. The molecular formula is C11H15F2NO2. The number of halogens is 2. The van der Waals surface area contributed by atoms with Crippen molar-refractivity contribution >= 4 is 6.09 Å². The van der Waals surface area contributed by atoms with E-state index in [2.05, 4.69) is 11.2 Å². The van der Waals surface area contributed by atoms with Gasteiger partial charge in [0.1, 0.15) is 11.1 Å². The third kappa shape index (κ3) is 3.09. The largest absolute Gasteiger partial charge is 0.444 e. The van der Waals surface area contributed by atoms with Gasteiger partial charge in [-0.15, -0.1) is 6.42 Å². The molecule has 0 aromatic heterocycles. The number of rotatable bonds is 1. The van der Waals surface area contributed by atoms with Gasteiger partial charge in [-0.1, -0.05) is 5.92 Å². The fraction of sp³-hybridized carbons (Fsp3) is 0.727. The quantitative estimate of drug-likeness (QED) is 0.703. The van der Waals surface area contributed by atoms with E-state index >= 15 is 0 Å². The maximum absolute atomic E-state index is 12.7. The molecule has 0 unspecified atom stereocenters. The molecule has 0 aromatic rings. The summed E-state index contributed by atoms with van der Waals surface area (Å²) < 4.78 is 30.4. The molecule has 16 heavy (non-hydrogen) atoms. The summed E-state index contributed by atoms with van der Waals surface area (Å²) in [7, 11) is 0. The third-order valence-corrected chi connectivity index (χ3v) is 2.14. The van der Waals surface area contributed by atoms with Crippen LogP contribution in [0, 0.1) is 12.3 Å². The highest BCUT2D eigenvalue weighted by Crippen LogP contribution is 2.45. The minimum absolute atomic E-state index is 0.532. The lowest BCUT2D eigenvalue weighted by Crippen LogP contribution is -2.61. The van der Waals surface area contributed by atoms with Crippen LogP contribution in [-0.4, -0.2) is 23.2 Å². The van der Waals surface area contributed by atoms with Gasteiger partial charge in [-0.2, -0.15) is 0 Å².